The maximum Gasteiger partial charge on any atom is 0.238 e. The number of amides is 1. The highest BCUT2D eigenvalue weighted by Crippen LogP contribution is 2.48. The molecule has 4 rings (SSSR count). The maximum absolute atomic E-state index is 12.6. The summed E-state index contributed by atoms with van der Waals surface area (Å²) in [5.74, 6) is 1.45. The van der Waals surface area contributed by atoms with Gasteiger partial charge in [-0.05, 0) is 54.3 Å². The molecule has 0 radical (unpaired) electrons. The zero-order valence-electron chi connectivity index (χ0n) is 13.8. The molecule has 24 heavy (non-hydrogen) atoms. The number of hydrogen-bond donors (Lipinski definition) is 1. The van der Waals surface area contributed by atoms with Crippen LogP contribution in [-0.4, -0.2) is 31.0 Å². The number of fused-ring (bicyclic) bond motifs is 1. The van der Waals surface area contributed by atoms with Crippen LogP contribution in [0.15, 0.2) is 35.7 Å². The molecule has 2 aromatic rings. The molecule has 126 valence electrons. The van der Waals surface area contributed by atoms with Crippen LogP contribution in [0.4, 0.5) is 5.69 Å². The predicted molar refractivity (Wildman–Crippen MR) is 96.7 cm³/mol. The number of anilines is 1. The van der Waals surface area contributed by atoms with Gasteiger partial charge in [0.1, 0.15) is 5.75 Å². The Hall–Kier alpha value is -1.85. The Labute approximate surface area is 146 Å². The molecule has 2 aliphatic rings. The number of nitrogens with zero attached hydrogens (tertiary/aromatic N) is 1. The quantitative estimate of drug-likeness (QED) is 0.901. The third kappa shape index (κ3) is 3.06. The van der Waals surface area contributed by atoms with E-state index >= 15 is 0 Å². The molecule has 1 aliphatic heterocycles. The van der Waals surface area contributed by atoms with Gasteiger partial charge in [0.05, 0.1) is 19.3 Å². The number of methoxy groups -OCH3 is 1. The first-order valence-electron chi connectivity index (χ1n) is 8.49. The molecule has 1 amide bonds. The molecule has 0 bridgehead atoms. The Morgan fingerprint density at radius 2 is 2.17 bits per heavy atom. The number of carbonyl (C=O) groups excluding carboxylic acids is 1. The van der Waals surface area contributed by atoms with Crippen molar-refractivity contribution in [3.63, 3.8) is 0 Å². The van der Waals surface area contributed by atoms with Gasteiger partial charge < -0.3 is 10.1 Å². The van der Waals surface area contributed by atoms with E-state index in [2.05, 4.69) is 21.7 Å². The summed E-state index contributed by atoms with van der Waals surface area (Å²) < 4.78 is 5.31. The van der Waals surface area contributed by atoms with Crippen LogP contribution in [0.2, 0.25) is 0 Å². The molecule has 1 fully saturated rings. The SMILES string of the molecule is COc1ccccc1NC(=O)CN1CCc2sccc2[C@@H]1C1CC1. The van der Waals surface area contributed by atoms with Gasteiger partial charge in [0.25, 0.3) is 0 Å². The van der Waals surface area contributed by atoms with E-state index in [1.807, 2.05) is 35.6 Å². The lowest BCUT2D eigenvalue weighted by atomic mass is 9.96. The lowest BCUT2D eigenvalue weighted by Gasteiger charge is -2.35. The third-order valence-electron chi connectivity index (χ3n) is 4.91. The van der Waals surface area contributed by atoms with Crippen molar-refractivity contribution in [2.75, 3.05) is 25.5 Å². The first-order chi connectivity index (χ1) is 11.8. The second-order valence-corrected chi connectivity index (χ2v) is 7.55. The molecule has 0 saturated heterocycles. The fourth-order valence-electron chi connectivity index (χ4n) is 3.66. The monoisotopic (exact) mass is 342 g/mol. The first-order valence-corrected chi connectivity index (χ1v) is 9.37. The van der Waals surface area contributed by atoms with Crippen molar-refractivity contribution in [3.8, 4) is 5.75 Å². The normalized spacial score (nSPS) is 20.5. The minimum atomic E-state index is 0.0313. The second kappa shape index (κ2) is 6.57. The average Bonchev–Trinajstić information content (AvgIpc) is 3.31. The van der Waals surface area contributed by atoms with Crippen LogP contribution < -0.4 is 10.1 Å². The van der Waals surface area contributed by atoms with Gasteiger partial charge in [-0.3, -0.25) is 9.69 Å². The molecular formula is C19H22N2O2S. The molecule has 1 aromatic carbocycles. The van der Waals surface area contributed by atoms with Crippen molar-refractivity contribution in [1.82, 2.24) is 4.90 Å². The van der Waals surface area contributed by atoms with E-state index in [-0.39, 0.29) is 5.91 Å². The zero-order chi connectivity index (χ0) is 16.5. The van der Waals surface area contributed by atoms with Crippen molar-refractivity contribution in [1.29, 1.82) is 0 Å². The minimum absolute atomic E-state index is 0.0313. The topological polar surface area (TPSA) is 41.6 Å². The van der Waals surface area contributed by atoms with Crippen LogP contribution in [-0.2, 0) is 11.2 Å². The van der Waals surface area contributed by atoms with Gasteiger partial charge in [-0.15, -0.1) is 11.3 Å². The number of hydrogen-bond acceptors (Lipinski definition) is 4. The smallest absolute Gasteiger partial charge is 0.238 e. The molecule has 1 aromatic heterocycles. The van der Waals surface area contributed by atoms with Crippen LogP contribution in [0.25, 0.3) is 0 Å². The molecule has 4 nitrogen and oxygen atoms in total. The van der Waals surface area contributed by atoms with Crippen LogP contribution in [0, 0.1) is 5.92 Å². The van der Waals surface area contributed by atoms with Gasteiger partial charge in [-0.2, -0.15) is 0 Å². The van der Waals surface area contributed by atoms with Gasteiger partial charge in [0.15, 0.2) is 0 Å². The van der Waals surface area contributed by atoms with E-state index in [0.29, 0.717) is 18.3 Å². The van der Waals surface area contributed by atoms with E-state index in [9.17, 15) is 4.79 Å². The summed E-state index contributed by atoms with van der Waals surface area (Å²) in [6.07, 6.45) is 3.62. The summed E-state index contributed by atoms with van der Waals surface area (Å²) in [7, 11) is 1.62. The summed E-state index contributed by atoms with van der Waals surface area (Å²) in [5, 5.41) is 5.20. The van der Waals surface area contributed by atoms with Gasteiger partial charge in [-0.25, -0.2) is 0 Å². The van der Waals surface area contributed by atoms with Crippen molar-refractivity contribution in [2.45, 2.75) is 25.3 Å². The standard InChI is InChI=1S/C19H22N2O2S/c1-23-16-5-3-2-4-15(16)20-18(22)12-21-10-8-17-14(9-11-24-17)19(21)13-6-7-13/h2-5,9,11,13,19H,6-8,10,12H2,1H3,(H,20,22)/t19-/m0/s1. The highest BCUT2D eigenvalue weighted by Gasteiger charge is 2.40. The number of para-hydroxylation sites is 2. The van der Waals surface area contributed by atoms with E-state index < -0.39 is 0 Å². The zero-order valence-corrected chi connectivity index (χ0v) is 14.6. The Morgan fingerprint density at radius 1 is 1.33 bits per heavy atom. The third-order valence-corrected chi connectivity index (χ3v) is 5.91. The predicted octanol–water partition coefficient (Wildman–Crippen LogP) is 3.70. The van der Waals surface area contributed by atoms with Gasteiger partial charge in [0, 0.05) is 17.5 Å². The van der Waals surface area contributed by atoms with Crippen LogP contribution in [0.3, 0.4) is 0 Å². The number of thiophene rings is 1. The maximum atomic E-state index is 12.6. The Kier molecular flexibility index (Phi) is 4.29. The van der Waals surface area contributed by atoms with Crippen LogP contribution in [0.1, 0.15) is 29.3 Å². The molecule has 0 unspecified atom stereocenters. The Morgan fingerprint density at radius 3 is 2.96 bits per heavy atom. The molecule has 1 N–H and O–H groups in total. The summed E-state index contributed by atoms with van der Waals surface area (Å²) in [4.78, 5) is 16.4. The van der Waals surface area contributed by atoms with Crippen LogP contribution in [0.5, 0.6) is 5.75 Å². The fourth-order valence-corrected chi connectivity index (χ4v) is 4.57. The van der Waals surface area contributed by atoms with Gasteiger partial charge >= 0.3 is 0 Å². The van der Waals surface area contributed by atoms with E-state index in [1.54, 1.807) is 7.11 Å². The van der Waals surface area contributed by atoms with Crippen molar-refractivity contribution in [2.24, 2.45) is 5.92 Å². The van der Waals surface area contributed by atoms with Gasteiger partial charge in [-0.1, -0.05) is 12.1 Å². The Bertz CT molecular complexity index is 738. The number of carbonyl (C=O) groups is 1. The number of nitrogens with one attached hydrogen (secondary N) is 1. The highest BCUT2D eigenvalue weighted by atomic mass is 32.1. The highest BCUT2D eigenvalue weighted by molar-refractivity contribution is 7.10. The van der Waals surface area contributed by atoms with Gasteiger partial charge in [0.2, 0.25) is 5.91 Å². The summed E-state index contributed by atoms with van der Waals surface area (Å²) in [6, 6.07) is 10.2. The van der Waals surface area contributed by atoms with Crippen molar-refractivity contribution < 1.29 is 9.53 Å². The Balaban J connectivity index is 1.47. The molecule has 2 heterocycles. The van der Waals surface area contributed by atoms with E-state index in [0.717, 1.165) is 24.6 Å². The first kappa shape index (κ1) is 15.7. The summed E-state index contributed by atoms with van der Waals surface area (Å²) >= 11 is 1.86. The lowest BCUT2D eigenvalue weighted by molar-refractivity contribution is -0.118. The van der Waals surface area contributed by atoms with Crippen molar-refractivity contribution >= 4 is 22.9 Å². The van der Waals surface area contributed by atoms with E-state index in [1.165, 1.54) is 23.3 Å². The van der Waals surface area contributed by atoms with Crippen LogP contribution >= 0.6 is 11.3 Å². The molecular weight excluding hydrogens is 320 g/mol. The molecule has 1 atom stereocenters. The number of ether oxygens (including phenoxy) is 1. The lowest BCUT2D eigenvalue weighted by Crippen LogP contribution is -2.41. The largest absolute Gasteiger partial charge is 0.495 e. The summed E-state index contributed by atoms with van der Waals surface area (Å²) in [6.45, 7) is 1.41. The van der Waals surface area contributed by atoms with Crippen molar-refractivity contribution in [3.05, 3.63) is 46.2 Å². The molecule has 1 saturated carbocycles. The average molecular weight is 342 g/mol. The fraction of sp³-hybridized carbons (Fsp3) is 0.421. The molecule has 1 aliphatic carbocycles. The molecule has 5 heteroatoms. The minimum Gasteiger partial charge on any atom is -0.495 e. The number of benzene rings is 1. The number of rotatable bonds is 5. The second-order valence-electron chi connectivity index (χ2n) is 6.55. The molecule has 0 spiro atoms. The summed E-state index contributed by atoms with van der Waals surface area (Å²) in [5.41, 5.74) is 2.19. The van der Waals surface area contributed by atoms with E-state index in [4.69, 9.17) is 4.74 Å².